The molecule has 1 aromatic carbocycles. The van der Waals surface area contributed by atoms with E-state index >= 15 is 0 Å². The first kappa shape index (κ1) is 13.1. The molecule has 0 aromatic heterocycles. The zero-order valence-corrected chi connectivity index (χ0v) is 12.3. The van der Waals surface area contributed by atoms with E-state index in [1.807, 2.05) is 0 Å². The second-order valence-corrected chi connectivity index (χ2v) is 6.64. The number of aliphatic hydroxyl groups is 1. The van der Waals surface area contributed by atoms with E-state index in [4.69, 9.17) is 0 Å². The number of hydrogen-bond donors (Lipinski definition) is 1. The Morgan fingerprint density at radius 2 is 1.74 bits per heavy atom. The fraction of sp³-hybridized carbons (Fsp3) is 0.647. The molecule has 0 aliphatic carbocycles. The fourth-order valence-corrected chi connectivity index (χ4v) is 3.92. The molecule has 0 spiro atoms. The van der Waals surface area contributed by atoms with Crippen LogP contribution in [0.1, 0.15) is 48.8 Å². The van der Waals surface area contributed by atoms with Gasteiger partial charge in [-0.1, -0.05) is 24.6 Å². The largest absolute Gasteiger partial charge is 0.385 e. The molecule has 2 aliphatic rings. The van der Waals surface area contributed by atoms with Crippen LogP contribution in [0.2, 0.25) is 0 Å². The van der Waals surface area contributed by atoms with Gasteiger partial charge in [-0.15, -0.1) is 0 Å². The fourth-order valence-electron chi connectivity index (χ4n) is 3.92. The van der Waals surface area contributed by atoms with Crippen LogP contribution in [0.3, 0.4) is 0 Å². The van der Waals surface area contributed by atoms with E-state index in [2.05, 4.69) is 44.0 Å². The molecule has 2 nitrogen and oxygen atoms in total. The Kier molecular flexibility index (Phi) is 3.18. The Labute approximate surface area is 116 Å². The summed E-state index contributed by atoms with van der Waals surface area (Å²) in [5, 5.41) is 11.2. The van der Waals surface area contributed by atoms with Crippen LogP contribution >= 0.6 is 0 Å². The van der Waals surface area contributed by atoms with Crippen LogP contribution in [0, 0.1) is 13.8 Å². The van der Waals surface area contributed by atoms with E-state index in [1.165, 1.54) is 30.4 Å². The summed E-state index contributed by atoms with van der Waals surface area (Å²) in [6.45, 7) is 4.27. The van der Waals surface area contributed by atoms with Gasteiger partial charge in [0.05, 0.1) is 5.60 Å². The third kappa shape index (κ3) is 2.21. The molecule has 2 heterocycles. The highest BCUT2D eigenvalue weighted by atomic mass is 16.3. The number of fused-ring (bicyclic) bond motifs is 2. The summed E-state index contributed by atoms with van der Waals surface area (Å²) in [5.74, 6) is 0. The molecule has 2 atom stereocenters. The molecule has 0 amide bonds. The predicted octanol–water partition coefficient (Wildman–Crippen LogP) is 3.14. The molecule has 2 heteroatoms. The predicted molar refractivity (Wildman–Crippen MR) is 78.2 cm³/mol. The summed E-state index contributed by atoms with van der Waals surface area (Å²) in [6.07, 6.45) is 5.58. The highest BCUT2D eigenvalue weighted by molar-refractivity contribution is 5.34. The summed E-state index contributed by atoms with van der Waals surface area (Å²) in [5.41, 5.74) is 3.11. The number of benzene rings is 1. The summed E-state index contributed by atoms with van der Waals surface area (Å²) >= 11 is 0. The Bertz CT molecular complexity index is 468. The smallest absolute Gasteiger partial charge is 0.0926 e. The highest BCUT2D eigenvalue weighted by Crippen LogP contribution is 2.43. The Balaban J connectivity index is 1.92. The molecule has 2 fully saturated rings. The summed E-state index contributed by atoms with van der Waals surface area (Å²) in [6, 6.07) is 7.58. The quantitative estimate of drug-likeness (QED) is 0.837. The SMILES string of the molecule is Cc1ccc(C2(O)CC3CCCC(C2)N3C)cc1C. The monoisotopic (exact) mass is 259 g/mol. The molecule has 1 aromatic rings. The van der Waals surface area contributed by atoms with Gasteiger partial charge in [0.15, 0.2) is 0 Å². The van der Waals surface area contributed by atoms with Gasteiger partial charge in [-0.05, 0) is 63.3 Å². The lowest BCUT2D eigenvalue weighted by Gasteiger charge is -2.51. The van der Waals surface area contributed by atoms with Gasteiger partial charge in [0.25, 0.3) is 0 Å². The van der Waals surface area contributed by atoms with Crippen molar-refractivity contribution in [2.45, 2.75) is 63.6 Å². The second-order valence-electron chi connectivity index (χ2n) is 6.64. The lowest BCUT2D eigenvalue weighted by atomic mass is 9.72. The molecular weight excluding hydrogens is 234 g/mol. The van der Waals surface area contributed by atoms with E-state index in [1.54, 1.807) is 0 Å². The third-order valence-corrected chi connectivity index (χ3v) is 5.42. The van der Waals surface area contributed by atoms with Gasteiger partial charge in [-0.25, -0.2) is 0 Å². The molecule has 2 aliphatic heterocycles. The Hall–Kier alpha value is -0.860. The van der Waals surface area contributed by atoms with Gasteiger partial charge in [0.2, 0.25) is 0 Å². The van der Waals surface area contributed by atoms with E-state index in [-0.39, 0.29) is 0 Å². The van der Waals surface area contributed by atoms with Crippen molar-refractivity contribution in [1.29, 1.82) is 0 Å². The molecule has 19 heavy (non-hydrogen) atoms. The average molecular weight is 259 g/mol. The van der Waals surface area contributed by atoms with Gasteiger partial charge in [-0.3, -0.25) is 0 Å². The van der Waals surface area contributed by atoms with Crippen LogP contribution in [-0.2, 0) is 5.60 Å². The molecule has 104 valence electrons. The summed E-state index contributed by atoms with van der Waals surface area (Å²) < 4.78 is 0. The molecule has 2 unspecified atom stereocenters. The maximum Gasteiger partial charge on any atom is 0.0926 e. The van der Waals surface area contributed by atoms with Gasteiger partial charge in [-0.2, -0.15) is 0 Å². The molecule has 2 bridgehead atoms. The minimum Gasteiger partial charge on any atom is -0.385 e. The Morgan fingerprint density at radius 3 is 2.32 bits per heavy atom. The summed E-state index contributed by atoms with van der Waals surface area (Å²) in [4.78, 5) is 2.50. The number of rotatable bonds is 1. The minimum absolute atomic E-state index is 0.555. The first-order chi connectivity index (χ1) is 8.99. The van der Waals surface area contributed by atoms with E-state index in [0.29, 0.717) is 12.1 Å². The van der Waals surface area contributed by atoms with Gasteiger partial charge >= 0.3 is 0 Å². The van der Waals surface area contributed by atoms with Crippen molar-refractivity contribution in [3.63, 3.8) is 0 Å². The molecule has 2 saturated heterocycles. The van der Waals surface area contributed by atoms with Gasteiger partial charge in [0.1, 0.15) is 0 Å². The molecular formula is C17H25NO. The first-order valence-corrected chi connectivity index (χ1v) is 7.52. The lowest BCUT2D eigenvalue weighted by molar-refractivity contribution is -0.0875. The number of aryl methyl sites for hydroxylation is 2. The Morgan fingerprint density at radius 1 is 1.11 bits per heavy atom. The van der Waals surface area contributed by atoms with Crippen molar-refractivity contribution in [2.24, 2.45) is 0 Å². The summed E-state index contributed by atoms with van der Waals surface area (Å²) in [7, 11) is 2.23. The second kappa shape index (κ2) is 4.60. The number of hydrogen-bond acceptors (Lipinski definition) is 2. The minimum atomic E-state index is -0.610. The van der Waals surface area contributed by atoms with Gasteiger partial charge < -0.3 is 10.0 Å². The molecule has 1 N–H and O–H groups in total. The standard InChI is InChI=1S/C17H25NO/c1-12-7-8-14(9-13(12)2)17(19)10-15-5-4-6-16(11-17)18(15)3/h7-9,15-16,19H,4-6,10-11H2,1-3H3. The van der Waals surface area contributed by atoms with Crippen LogP contribution in [-0.4, -0.2) is 29.1 Å². The maximum absolute atomic E-state index is 11.2. The molecule has 3 rings (SSSR count). The number of piperidine rings is 2. The van der Waals surface area contributed by atoms with Gasteiger partial charge in [0, 0.05) is 12.1 Å². The molecule has 0 saturated carbocycles. The zero-order chi connectivity index (χ0) is 13.6. The normalized spacial score (nSPS) is 35.4. The third-order valence-electron chi connectivity index (χ3n) is 5.42. The number of nitrogens with zero attached hydrogens (tertiary/aromatic N) is 1. The zero-order valence-electron chi connectivity index (χ0n) is 12.3. The van der Waals surface area contributed by atoms with Crippen molar-refractivity contribution in [2.75, 3.05) is 7.05 Å². The van der Waals surface area contributed by atoms with Crippen LogP contribution in [0.5, 0.6) is 0 Å². The van der Waals surface area contributed by atoms with Crippen LogP contribution < -0.4 is 0 Å². The van der Waals surface area contributed by atoms with E-state index in [9.17, 15) is 5.11 Å². The average Bonchev–Trinajstić information content (AvgIpc) is 2.35. The lowest BCUT2D eigenvalue weighted by Crippen LogP contribution is -2.55. The topological polar surface area (TPSA) is 23.5 Å². The maximum atomic E-state index is 11.2. The van der Waals surface area contributed by atoms with Crippen molar-refractivity contribution >= 4 is 0 Å². The molecule has 0 radical (unpaired) electrons. The van der Waals surface area contributed by atoms with E-state index < -0.39 is 5.60 Å². The van der Waals surface area contributed by atoms with Crippen molar-refractivity contribution in [3.8, 4) is 0 Å². The highest BCUT2D eigenvalue weighted by Gasteiger charge is 2.44. The van der Waals surface area contributed by atoms with Crippen LogP contribution in [0.25, 0.3) is 0 Å². The van der Waals surface area contributed by atoms with Crippen molar-refractivity contribution < 1.29 is 5.11 Å². The first-order valence-electron chi connectivity index (χ1n) is 7.52. The van der Waals surface area contributed by atoms with Crippen molar-refractivity contribution in [1.82, 2.24) is 4.90 Å². The van der Waals surface area contributed by atoms with Crippen LogP contribution in [0.15, 0.2) is 18.2 Å². The van der Waals surface area contributed by atoms with E-state index in [0.717, 1.165) is 18.4 Å². The van der Waals surface area contributed by atoms with Crippen LogP contribution in [0.4, 0.5) is 0 Å². The van der Waals surface area contributed by atoms with Crippen molar-refractivity contribution in [3.05, 3.63) is 34.9 Å².